The third-order valence-electron chi connectivity index (χ3n) is 4.72. The van der Waals surface area contributed by atoms with Crippen LogP contribution in [0.25, 0.3) is 0 Å². The second kappa shape index (κ2) is 10.9. The summed E-state index contributed by atoms with van der Waals surface area (Å²) in [6.07, 6.45) is 3.75. The van der Waals surface area contributed by atoms with E-state index in [9.17, 15) is 14.7 Å². The minimum atomic E-state index is -1.31. The van der Waals surface area contributed by atoms with Gasteiger partial charge in [-0.1, -0.05) is 57.5 Å². The van der Waals surface area contributed by atoms with Crippen molar-refractivity contribution in [2.45, 2.75) is 64.5 Å². The first-order valence-corrected chi connectivity index (χ1v) is 10.6. The number of aliphatic hydroxyl groups excluding tert-OH is 1. The number of benzene rings is 1. The van der Waals surface area contributed by atoms with Gasteiger partial charge in [0.05, 0.1) is 0 Å². The zero-order valence-electron chi connectivity index (χ0n) is 16.6. The summed E-state index contributed by atoms with van der Waals surface area (Å²) in [5, 5.41) is 16.2. The summed E-state index contributed by atoms with van der Waals surface area (Å²) >= 11 is 1.47. The van der Waals surface area contributed by atoms with Crippen molar-refractivity contribution in [3.63, 3.8) is 0 Å². The molecule has 1 aromatic heterocycles. The van der Waals surface area contributed by atoms with Gasteiger partial charge < -0.3 is 15.7 Å². The minimum absolute atomic E-state index is 0.319. The molecule has 0 spiro atoms. The topological polar surface area (TPSA) is 91.3 Å². The second-order valence-corrected chi connectivity index (χ2v) is 7.80. The number of aliphatic hydroxyl groups is 1. The van der Waals surface area contributed by atoms with E-state index in [-0.39, 0.29) is 5.91 Å². The van der Waals surface area contributed by atoms with Crippen LogP contribution in [0.4, 0.5) is 5.13 Å². The average Bonchev–Trinajstić information content (AvgIpc) is 3.16. The predicted octanol–water partition coefficient (Wildman–Crippen LogP) is 4.00. The summed E-state index contributed by atoms with van der Waals surface area (Å²) in [5.74, 6) is -0.465. The van der Waals surface area contributed by atoms with Crippen molar-refractivity contribution in [3.8, 4) is 0 Å². The molecule has 0 unspecified atom stereocenters. The van der Waals surface area contributed by atoms with Crippen LogP contribution in [0.5, 0.6) is 0 Å². The Bertz CT molecular complexity index is 759. The molecule has 0 saturated carbocycles. The zero-order valence-corrected chi connectivity index (χ0v) is 17.5. The van der Waals surface area contributed by atoms with E-state index in [4.69, 9.17) is 0 Å². The molecule has 2 aromatic rings. The first-order valence-electron chi connectivity index (χ1n) is 9.80. The lowest BCUT2D eigenvalue weighted by molar-refractivity contribution is -0.133. The van der Waals surface area contributed by atoms with Gasteiger partial charge in [-0.05, 0) is 30.7 Å². The van der Waals surface area contributed by atoms with Gasteiger partial charge in [0.1, 0.15) is 6.04 Å². The number of nitrogens with one attached hydrogen (secondary N) is 2. The molecule has 6 nitrogen and oxygen atoms in total. The number of rotatable bonds is 10. The van der Waals surface area contributed by atoms with Crippen LogP contribution in [0, 0.1) is 0 Å². The highest BCUT2D eigenvalue weighted by Gasteiger charge is 2.25. The first-order chi connectivity index (χ1) is 13.5. The van der Waals surface area contributed by atoms with Crippen LogP contribution in [0.1, 0.15) is 68.9 Å². The normalized spacial score (nSPS) is 13.2. The van der Waals surface area contributed by atoms with Crippen molar-refractivity contribution in [2.24, 2.45) is 0 Å². The van der Waals surface area contributed by atoms with Gasteiger partial charge in [-0.25, -0.2) is 4.98 Å². The number of thiazole rings is 1. The Balaban J connectivity index is 2.02. The lowest BCUT2D eigenvalue weighted by Crippen LogP contribution is -2.45. The Labute approximate surface area is 170 Å². The number of nitrogens with zero attached hydrogens (tertiary/aromatic N) is 1. The molecule has 0 aliphatic rings. The van der Waals surface area contributed by atoms with Gasteiger partial charge in [0.15, 0.2) is 11.2 Å². The maximum absolute atomic E-state index is 12.7. The summed E-state index contributed by atoms with van der Waals surface area (Å²) in [5.41, 5.74) is 0.491. The Morgan fingerprint density at radius 2 is 1.79 bits per heavy atom. The largest absolute Gasteiger partial charge is 0.378 e. The van der Waals surface area contributed by atoms with E-state index in [2.05, 4.69) is 29.5 Å². The quantitative estimate of drug-likeness (QED) is 0.559. The van der Waals surface area contributed by atoms with Crippen molar-refractivity contribution >= 4 is 28.3 Å². The summed E-state index contributed by atoms with van der Waals surface area (Å²) in [6, 6.07) is 7.94. The summed E-state index contributed by atoms with van der Waals surface area (Å²) < 4.78 is 0. The van der Waals surface area contributed by atoms with Crippen LogP contribution in [-0.4, -0.2) is 27.9 Å². The van der Waals surface area contributed by atoms with Gasteiger partial charge >= 0.3 is 0 Å². The average molecular weight is 404 g/mol. The fraction of sp³-hybridized carbons (Fsp3) is 0.476. The van der Waals surface area contributed by atoms with E-state index >= 15 is 0 Å². The molecule has 152 valence electrons. The van der Waals surface area contributed by atoms with Crippen molar-refractivity contribution in [3.05, 3.63) is 47.0 Å². The molecular weight excluding hydrogens is 374 g/mol. The lowest BCUT2D eigenvalue weighted by Gasteiger charge is -2.19. The number of aromatic nitrogens is 1. The van der Waals surface area contributed by atoms with Gasteiger partial charge in [0.2, 0.25) is 5.91 Å². The van der Waals surface area contributed by atoms with Crippen LogP contribution in [0.2, 0.25) is 0 Å². The predicted molar refractivity (Wildman–Crippen MR) is 112 cm³/mol. The van der Waals surface area contributed by atoms with Crippen LogP contribution in [0.3, 0.4) is 0 Å². The third kappa shape index (κ3) is 5.87. The summed E-state index contributed by atoms with van der Waals surface area (Å²) in [6.45, 7) is 6.21. The highest BCUT2D eigenvalue weighted by atomic mass is 32.1. The number of hydrogen-bond donors (Lipinski definition) is 3. The minimum Gasteiger partial charge on any atom is -0.378 e. The van der Waals surface area contributed by atoms with Crippen LogP contribution in [-0.2, 0) is 9.59 Å². The SMILES string of the molecule is CCC[C@H](NC(=O)[C@@H](O)c1ccccc1)C(=O)Nc1ncc(C(CC)CC)s1. The van der Waals surface area contributed by atoms with Crippen LogP contribution < -0.4 is 10.6 Å². The van der Waals surface area contributed by atoms with E-state index in [1.54, 1.807) is 24.3 Å². The van der Waals surface area contributed by atoms with Crippen molar-refractivity contribution in [2.75, 3.05) is 5.32 Å². The molecule has 0 radical (unpaired) electrons. The highest BCUT2D eigenvalue weighted by molar-refractivity contribution is 7.15. The Morgan fingerprint density at radius 3 is 2.39 bits per heavy atom. The Hall–Kier alpha value is -2.25. The van der Waals surface area contributed by atoms with E-state index in [0.717, 1.165) is 24.1 Å². The van der Waals surface area contributed by atoms with E-state index in [0.29, 0.717) is 23.0 Å². The maximum Gasteiger partial charge on any atom is 0.254 e. The second-order valence-electron chi connectivity index (χ2n) is 6.73. The Morgan fingerprint density at radius 1 is 1.11 bits per heavy atom. The summed E-state index contributed by atoms with van der Waals surface area (Å²) in [4.78, 5) is 30.5. The van der Waals surface area contributed by atoms with E-state index in [1.165, 1.54) is 11.3 Å². The van der Waals surface area contributed by atoms with E-state index in [1.807, 2.05) is 19.2 Å². The van der Waals surface area contributed by atoms with Crippen molar-refractivity contribution in [1.82, 2.24) is 10.3 Å². The monoisotopic (exact) mass is 403 g/mol. The van der Waals surface area contributed by atoms with Crippen molar-refractivity contribution < 1.29 is 14.7 Å². The molecule has 2 rings (SSSR count). The molecular formula is C21H29N3O3S. The molecule has 2 atom stereocenters. The highest BCUT2D eigenvalue weighted by Crippen LogP contribution is 2.30. The zero-order chi connectivity index (χ0) is 20.5. The molecule has 0 saturated heterocycles. The molecule has 3 N–H and O–H groups in total. The summed E-state index contributed by atoms with van der Waals surface area (Å²) in [7, 11) is 0. The van der Waals surface area contributed by atoms with Gasteiger partial charge in [-0.2, -0.15) is 0 Å². The smallest absolute Gasteiger partial charge is 0.254 e. The van der Waals surface area contributed by atoms with Crippen LogP contribution in [0.15, 0.2) is 36.5 Å². The van der Waals surface area contributed by atoms with E-state index < -0.39 is 18.1 Å². The molecule has 2 amide bonds. The first kappa shape index (κ1) is 22.0. The van der Waals surface area contributed by atoms with Crippen LogP contribution >= 0.6 is 11.3 Å². The Kier molecular flexibility index (Phi) is 8.60. The van der Waals surface area contributed by atoms with Crippen molar-refractivity contribution in [1.29, 1.82) is 0 Å². The van der Waals surface area contributed by atoms with Gasteiger partial charge in [0, 0.05) is 11.1 Å². The fourth-order valence-corrected chi connectivity index (χ4v) is 4.10. The molecule has 0 aliphatic heterocycles. The number of carbonyl (C=O) groups is 2. The number of carbonyl (C=O) groups excluding carboxylic acids is 2. The standard InChI is InChI=1S/C21H29N3O3S/c1-4-10-16(23-20(27)18(25)15-11-8-7-9-12-15)19(26)24-21-22-13-17(28-21)14(5-2)6-3/h7-9,11-14,16,18,25H,4-6,10H2,1-3H3,(H,23,27)(H,22,24,26)/t16-,18-/m0/s1. The molecule has 0 aliphatic carbocycles. The molecule has 1 heterocycles. The number of hydrogen-bond acceptors (Lipinski definition) is 5. The number of anilines is 1. The molecule has 0 fully saturated rings. The molecule has 7 heteroatoms. The van der Waals surface area contributed by atoms with Gasteiger partial charge in [0.25, 0.3) is 5.91 Å². The number of amides is 2. The fourth-order valence-electron chi connectivity index (χ4n) is 3.01. The molecule has 28 heavy (non-hydrogen) atoms. The molecule has 1 aromatic carbocycles. The third-order valence-corrected chi connectivity index (χ3v) is 5.79. The maximum atomic E-state index is 12.7. The van der Waals surface area contributed by atoms with Gasteiger partial charge in [-0.3, -0.25) is 9.59 Å². The molecule has 0 bridgehead atoms. The van der Waals surface area contributed by atoms with Gasteiger partial charge in [-0.15, -0.1) is 11.3 Å². The lowest BCUT2D eigenvalue weighted by atomic mass is 10.0.